The third-order valence-electron chi connectivity index (χ3n) is 6.09. The van der Waals surface area contributed by atoms with Crippen LogP contribution in [0.25, 0.3) is 11.3 Å². The van der Waals surface area contributed by atoms with Gasteiger partial charge in [-0.1, -0.05) is 18.2 Å². The number of aliphatic hydroxyl groups is 1. The Balaban J connectivity index is 1.36. The number of benzene rings is 2. The first-order valence-corrected chi connectivity index (χ1v) is 10.9. The summed E-state index contributed by atoms with van der Waals surface area (Å²) in [6.07, 6.45) is 2.60. The standard InChI is InChI=1S/C23H25N3O2S/c24-21(27)20-19(26-22(29-20)16-12-23(13-16)10-11-25-14-23)15-6-8-18(9-7-15)28-17-4-2-1-3-5-17/h1-9,16,21,25,27H,10-14,24H2/t16-,21?,23+. The number of aliphatic hydroxyl groups excluding tert-OH is 1. The molecule has 2 aromatic carbocycles. The van der Waals surface area contributed by atoms with Gasteiger partial charge >= 0.3 is 0 Å². The van der Waals surface area contributed by atoms with Crippen LogP contribution in [0.1, 0.15) is 41.3 Å². The van der Waals surface area contributed by atoms with Gasteiger partial charge in [0.05, 0.1) is 15.6 Å². The molecule has 2 heterocycles. The summed E-state index contributed by atoms with van der Waals surface area (Å²) < 4.78 is 5.87. The monoisotopic (exact) mass is 407 g/mol. The number of hydrogen-bond donors (Lipinski definition) is 3. The van der Waals surface area contributed by atoms with Gasteiger partial charge in [-0.25, -0.2) is 4.98 Å². The Bertz CT molecular complexity index is 971. The fourth-order valence-electron chi connectivity index (χ4n) is 4.54. The Kier molecular flexibility index (Phi) is 4.87. The molecule has 1 aliphatic heterocycles. The van der Waals surface area contributed by atoms with Crippen LogP contribution < -0.4 is 15.8 Å². The fraction of sp³-hybridized carbons (Fsp3) is 0.348. The number of nitrogens with one attached hydrogen (secondary N) is 1. The number of nitrogens with zero attached hydrogens (tertiary/aromatic N) is 1. The normalized spacial score (nSPS) is 24.4. The summed E-state index contributed by atoms with van der Waals surface area (Å²) in [7, 11) is 0. The Labute approximate surface area is 174 Å². The van der Waals surface area contributed by atoms with Gasteiger partial charge in [0.2, 0.25) is 0 Å². The predicted molar refractivity (Wildman–Crippen MR) is 115 cm³/mol. The van der Waals surface area contributed by atoms with Crippen molar-refractivity contribution in [2.75, 3.05) is 13.1 Å². The molecular weight excluding hydrogens is 382 g/mol. The van der Waals surface area contributed by atoms with Crippen molar-refractivity contribution in [2.24, 2.45) is 11.1 Å². The Morgan fingerprint density at radius 3 is 2.48 bits per heavy atom. The zero-order valence-corrected chi connectivity index (χ0v) is 17.0. The number of para-hydroxylation sites is 1. The molecule has 0 bridgehead atoms. The van der Waals surface area contributed by atoms with Crippen LogP contribution in [-0.2, 0) is 0 Å². The van der Waals surface area contributed by atoms with Crippen molar-refractivity contribution in [2.45, 2.75) is 31.4 Å². The first-order chi connectivity index (χ1) is 14.1. The van der Waals surface area contributed by atoms with E-state index in [4.69, 9.17) is 15.5 Å². The van der Waals surface area contributed by atoms with Gasteiger partial charge in [-0.2, -0.15) is 0 Å². The van der Waals surface area contributed by atoms with E-state index in [1.807, 2.05) is 54.6 Å². The van der Waals surface area contributed by atoms with E-state index in [2.05, 4.69) is 5.32 Å². The maximum absolute atomic E-state index is 10.1. The van der Waals surface area contributed by atoms with Gasteiger partial charge in [-0.05, 0) is 67.6 Å². The highest BCUT2D eigenvalue weighted by Gasteiger charge is 2.47. The molecule has 2 aliphatic rings. The van der Waals surface area contributed by atoms with Gasteiger partial charge < -0.3 is 20.9 Å². The zero-order valence-electron chi connectivity index (χ0n) is 16.2. The first kappa shape index (κ1) is 18.8. The lowest BCUT2D eigenvalue weighted by molar-refractivity contribution is 0.127. The molecule has 1 saturated carbocycles. The molecule has 1 aromatic heterocycles. The summed E-state index contributed by atoms with van der Waals surface area (Å²) in [5.41, 5.74) is 8.07. The maximum atomic E-state index is 10.1. The minimum absolute atomic E-state index is 0.467. The third kappa shape index (κ3) is 3.69. The van der Waals surface area contributed by atoms with Gasteiger partial charge in [0.1, 0.15) is 17.7 Å². The molecule has 1 saturated heterocycles. The molecule has 2 fully saturated rings. The molecule has 1 unspecified atom stereocenters. The van der Waals surface area contributed by atoms with Crippen LogP contribution in [0.2, 0.25) is 0 Å². The number of rotatable bonds is 5. The molecule has 0 amide bonds. The summed E-state index contributed by atoms with van der Waals surface area (Å²) in [6.45, 7) is 2.25. The first-order valence-electron chi connectivity index (χ1n) is 10.1. The number of hydrogen-bond acceptors (Lipinski definition) is 6. The van der Waals surface area contributed by atoms with Crippen LogP contribution in [0.5, 0.6) is 11.5 Å². The highest BCUT2D eigenvalue weighted by atomic mass is 32.1. The molecule has 3 aromatic rings. The summed E-state index contributed by atoms with van der Waals surface area (Å²) in [4.78, 5) is 5.65. The predicted octanol–water partition coefficient (Wildman–Crippen LogP) is 4.41. The van der Waals surface area contributed by atoms with Crippen LogP contribution in [0.15, 0.2) is 54.6 Å². The van der Waals surface area contributed by atoms with Crippen LogP contribution in [0, 0.1) is 5.41 Å². The SMILES string of the molecule is NC(O)c1sc([C@H]2C[C@]3(CCNC3)C2)nc1-c1ccc(Oc2ccccc2)cc1. The number of nitrogens with two attached hydrogens (primary N) is 1. The second-order valence-corrected chi connectivity index (χ2v) is 9.24. The zero-order chi connectivity index (χ0) is 19.8. The molecule has 5 rings (SSSR count). The molecule has 4 N–H and O–H groups in total. The van der Waals surface area contributed by atoms with Crippen molar-refractivity contribution in [1.29, 1.82) is 0 Å². The van der Waals surface area contributed by atoms with Gasteiger partial charge in [-0.3, -0.25) is 0 Å². The van der Waals surface area contributed by atoms with Gasteiger partial charge in [0.15, 0.2) is 0 Å². The Hall–Kier alpha value is -2.25. The average Bonchev–Trinajstić information content (AvgIpc) is 3.36. The average molecular weight is 408 g/mol. The van der Waals surface area contributed by atoms with Crippen LogP contribution in [-0.4, -0.2) is 23.2 Å². The summed E-state index contributed by atoms with van der Waals surface area (Å²) >= 11 is 1.56. The minimum atomic E-state index is -1.02. The molecule has 6 heteroatoms. The smallest absolute Gasteiger partial charge is 0.140 e. The Morgan fingerprint density at radius 1 is 1.10 bits per heavy atom. The highest BCUT2D eigenvalue weighted by molar-refractivity contribution is 7.12. The van der Waals surface area contributed by atoms with Gasteiger partial charge in [-0.15, -0.1) is 11.3 Å². The summed E-state index contributed by atoms with van der Waals surface area (Å²) in [6, 6.07) is 17.5. The summed E-state index contributed by atoms with van der Waals surface area (Å²) in [5.74, 6) is 2.04. The van der Waals surface area contributed by atoms with E-state index in [9.17, 15) is 5.11 Å². The molecule has 1 atom stereocenters. The van der Waals surface area contributed by atoms with Crippen molar-refractivity contribution >= 4 is 11.3 Å². The van der Waals surface area contributed by atoms with Crippen molar-refractivity contribution in [3.05, 3.63) is 64.5 Å². The molecule has 29 heavy (non-hydrogen) atoms. The van der Waals surface area contributed by atoms with Crippen LogP contribution >= 0.6 is 11.3 Å². The lowest BCUT2D eigenvalue weighted by Gasteiger charge is -2.44. The fourth-order valence-corrected chi connectivity index (χ4v) is 5.62. The quantitative estimate of drug-likeness (QED) is 0.546. The second-order valence-electron chi connectivity index (χ2n) is 8.18. The topological polar surface area (TPSA) is 80.4 Å². The molecule has 1 spiro atoms. The lowest BCUT2D eigenvalue weighted by Crippen LogP contribution is -2.37. The van der Waals surface area contributed by atoms with Crippen LogP contribution in [0.3, 0.4) is 0 Å². The van der Waals surface area contributed by atoms with Crippen molar-refractivity contribution < 1.29 is 9.84 Å². The van der Waals surface area contributed by atoms with Gasteiger partial charge in [0.25, 0.3) is 0 Å². The number of aromatic nitrogens is 1. The highest BCUT2D eigenvalue weighted by Crippen LogP contribution is 2.55. The van der Waals surface area contributed by atoms with E-state index >= 15 is 0 Å². The van der Waals surface area contributed by atoms with Crippen molar-refractivity contribution in [1.82, 2.24) is 10.3 Å². The number of ether oxygens (including phenoxy) is 1. The van der Waals surface area contributed by atoms with E-state index in [1.54, 1.807) is 11.3 Å². The molecular formula is C23H25N3O2S. The molecule has 1 aliphatic carbocycles. The van der Waals surface area contributed by atoms with E-state index in [1.165, 1.54) is 19.3 Å². The molecule has 0 radical (unpaired) electrons. The summed E-state index contributed by atoms with van der Waals surface area (Å²) in [5, 5.41) is 14.7. The minimum Gasteiger partial charge on any atom is -0.457 e. The van der Waals surface area contributed by atoms with E-state index in [-0.39, 0.29) is 0 Å². The van der Waals surface area contributed by atoms with E-state index in [0.29, 0.717) is 11.3 Å². The van der Waals surface area contributed by atoms with E-state index in [0.717, 1.165) is 45.7 Å². The van der Waals surface area contributed by atoms with E-state index < -0.39 is 6.23 Å². The van der Waals surface area contributed by atoms with Crippen LogP contribution in [0.4, 0.5) is 0 Å². The lowest BCUT2D eigenvalue weighted by atomic mass is 9.62. The molecule has 5 nitrogen and oxygen atoms in total. The van der Waals surface area contributed by atoms with Gasteiger partial charge in [0, 0.05) is 18.0 Å². The second kappa shape index (κ2) is 7.54. The van der Waals surface area contributed by atoms with Crippen molar-refractivity contribution in [3.8, 4) is 22.8 Å². The maximum Gasteiger partial charge on any atom is 0.140 e. The molecule has 150 valence electrons. The Morgan fingerprint density at radius 2 is 1.83 bits per heavy atom. The largest absolute Gasteiger partial charge is 0.457 e. The third-order valence-corrected chi connectivity index (χ3v) is 7.37. The van der Waals surface area contributed by atoms with Crippen molar-refractivity contribution in [3.63, 3.8) is 0 Å². The number of thiazole rings is 1.